The maximum Gasteiger partial charge on any atom is 0.377 e. The Morgan fingerprint density at radius 3 is 2.88 bits per heavy atom. The molecule has 5 nitrogen and oxygen atoms in total. The Labute approximate surface area is 98.6 Å². The van der Waals surface area contributed by atoms with Gasteiger partial charge in [0.25, 0.3) is 0 Å². The van der Waals surface area contributed by atoms with Crippen molar-refractivity contribution < 1.29 is 18.7 Å². The largest absolute Gasteiger partial charge is 0.386 e. The van der Waals surface area contributed by atoms with Crippen molar-refractivity contribution in [3.63, 3.8) is 0 Å². The first-order chi connectivity index (χ1) is 7.30. The van der Waals surface area contributed by atoms with Gasteiger partial charge in [-0.3, -0.25) is 9.48 Å². The fraction of sp³-hybridized carbons (Fsp3) is 0.500. The van der Waals surface area contributed by atoms with Crippen LogP contribution >= 0.6 is 15.9 Å². The van der Waals surface area contributed by atoms with E-state index in [1.165, 1.54) is 17.1 Å². The Kier molecular flexibility index (Phi) is 3.98. The zero-order valence-corrected chi connectivity index (χ0v) is 9.91. The minimum absolute atomic E-state index is 0.300. The van der Waals surface area contributed by atoms with Crippen molar-refractivity contribution in [2.24, 2.45) is 7.05 Å². The molecule has 90 valence electrons. The van der Waals surface area contributed by atoms with E-state index in [-0.39, 0.29) is 6.54 Å². The number of carbonyl (C=O) groups excluding carboxylic acids is 1. The molecule has 1 rings (SSSR count). The van der Waals surface area contributed by atoms with E-state index >= 15 is 0 Å². The van der Waals surface area contributed by atoms with E-state index < -0.39 is 16.8 Å². The first-order valence-corrected chi connectivity index (χ1v) is 5.11. The second-order valence-electron chi connectivity index (χ2n) is 3.17. The van der Waals surface area contributed by atoms with E-state index in [0.717, 1.165) is 0 Å². The normalized spacial score (nSPS) is 13.6. The lowest BCUT2D eigenvalue weighted by Gasteiger charge is -2.12. The van der Waals surface area contributed by atoms with Crippen LogP contribution in [0.15, 0.2) is 12.4 Å². The Bertz CT molecular complexity index is 378. The van der Waals surface area contributed by atoms with Crippen LogP contribution in [0.1, 0.15) is 11.7 Å². The van der Waals surface area contributed by atoms with Crippen molar-refractivity contribution >= 4 is 21.8 Å². The summed E-state index contributed by atoms with van der Waals surface area (Å²) in [6, 6.07) is 0. The first-order valence-electron chi connectivity index (χ1n) is 4.32. The third-order valence-electron chi connectivity index (χ3n) is 1.82. The van der Waals surface area contributed by atoms with Gasteiger partial charge in [-0.1, -0.05) is 0 Å². The number of amides is 1. The molecule has 0 saturated carbocycles. The lowest BCUT2D eigenvalue weighted by Crippen LogP contribution is -2.37. The Hall–Kier alpha value is -1.02. The number of nitrogens with one attached hydrogen (secondary N) is 1. The van der Waals surface area contributed by atoms with Crippen molar-refractivity contribution in [2.45, 2.75) is 10.9 Å². The number of rotatable bonds is 4. The summed E-state index contributed by atoms with van der Waals surface area (Å²) in [4.78, 5) is 7.14. The maximum absolute atomic E-state index is 12.4. The summed E-state index contributed by atoms with van der Waals surface area (Å²) >= 11 is 1.91. The summed E-state index contributed by atoms with van der Waals surface area (Å²) < 4.78 is 26.2. The van der Waals surface area contributed by atoms with Crippen LogP contribution in [0.3, 0.4) is 0 Å². The van der Waals surface area contributed by atoms with E-state index in [9.17, 15) is 18.7 Å². The molecule has 8 heteroatoms. The van der Waals surface area contributed by atoms with Gasteiger partial charge in [0.1, 0.15) is 0 Å². The minimum Gasteiger partial charge on any atom is -0.386 e. The summed E-state index contributed by atoms with van der Waals surface area (Å²) in [6.07, 6.45) is 1.86. The van der Waals surface area contributed by atoms with Crippen molar-refractivity contribution in [3.05, 3.63) is 18.0 Å². The van der Waals surface area contributed by atoms with Gasteiger partial charge in [-0.05, 0) is 0 Å². The van der Waals surface area contributed by atoms with E-state index in [4.69, 9.17) is 0 Å². The smallest absolute Gasteiger partial charge is 0.377 e. The van der Waals surface area contributed by atoms with Crippen LogP contribution in [0, 0.1) is 0 Å². The molecule has 0 radical (unpaired) electrons. The molecule has 0 aliphatic carbocycles. The average Bonchev–Trinajstić information content (AvgIpc) is 2.59. The minimum atomic E-state index is -3.62. The summed E-state index contributed by atoms with van der Waals surface area (Å²) in [5, 5.41) is 15.2. The number of aliphatic hydroxyl groups is 1. The molecule has 1 atom stereocenters. The highest BCUT2D eigenvalue weighted by atomic mass is 79.9. The molecule has 2 N–H and O–H groups in total. The molecule has 0 spiro atoms. The van der Waals surface area contributed by atoms with Crippen molar-refractivity contribution in [1.29, 1.82) is 0 Å². The number of aromatic nitrogens is 2. The third kappa shape index (κ3) is 3.53. The quantitative estimate of drug-likeness (QED) is 0.798. The number of halogens is 3. The van der Waals surface area contributed by atoms with Gasteiger partial charge in [0.2, 0.25) is 0 Å². The Morgan fingerprint density at radius 2 is 2.44 bits per heavy atom. The van der Waals surface area contributed by atoms with Crippen LogP contribution < -0.4 is 5.32 Å². The van der Waals surface area contributed by atoms with Crippen molar-refractivity contribution in [2.75, 3.05) is 6.54 Å². The summed E-state index contributed by atoms with van der Waals surface area (Å²) in [5.74, 6) is -1.49. The molecule has 1 heterocycles. The van der Waals surface area contributed by atoms with Crippen LogP contribution in [-0.4, -0.2) is 32.2 Å². The molecule has 0 aliphatic heterocycles. The molecule has 0 bridgehead atoms. The van der Waals surface area contributed by atoms with Crippen LogP contribution in [-0.2, 0) is 11.8 Å². The fourth-order valence-corrected chi connectivity index (χ4v) is 1.16. The van der Waals surface area contributed by atoms with Crippen LogP contribution in [0.5, 0.6) is 0 Å². The zero-order chi connectivity index (χ0) is 12.3. The molecule has 1 amide bonds. The Morgan fingerprint density at radius 1 is 1.81 bits per heavy atom. The second kappa shape index (κ2) is 4.88. The molecule has 0 aromatic carbocycles. The van der Waals surface area contributed by atoms with Gasteiger partial charge in [0.15, 0.2) is 0 Å². The van der Waals surface area contributed by atoms with Crippen LogP contribution in [0.2, 0.25) is 0 Å². The third-order valence-corrected chi connectivity index (χ3v) is 2.18. The van der Waals surface area contributed by atoms with Crippen LogP contribution in [0.25, 0.3) is 0 Å². The Balaban J connectivity index is 2.48. The van der Waals surface area contributed by atoms with Gasteiger partial charge in [-0.2, -0.15) is 13.9 Å². The highest BCUT2D eigenvalue weighted by Crippen LogP contribution is 2.21. The highest BCUT2D eigenvalue weighted by Gasteiger charge is 2.34. The monoisotopic (exact) mass is 297 g/mol. The van der Waals surface area contributed by atoms with Gasteiger partial charge in [-0.25, -0.2) is 0 Å². The van der Waals surface area contributed by atoms with Gasteiger partial charge in [0, 0.05) is 41.3 Å². The molecule has 1 unspecified atom stereocenters. The highest BCUT2D eigenvalue weighted by molar-refractivity contribution is 9.10. The predicted octanol–water partition coefficient (Wildman–Crippen LogP) is 0.557. The number of hydrogen-bond acceptors (Lipinski definition) is 3. The molecule has 1 aromatic heterocycles. The topological polar surface area (TPSA) is 67.2 Å². The summed E-state index contributed by atoms with van der Waals surface area (Å²) in [5.41, 5.74) is 0.445. The van der Waals surface area contributed by atoms with E-state index in [1.807, 2.05) is 21.2 Å². The van der Waals surface area contributed by atoms with Crippen molar-refractivity contribution in [3.8, 4) is 0 Å². The molecular weight excluding hydrogens is 288 g/mol. The van der Waals surface area contributed by atoms with Gasteiger partial charge in [0.05, 0.1) is 12.3 Å². The molecule has 0 aliphatic rings. The lowest BCUT2D eigenvalue weighted by atomic mass is 10.2. The second-order valence-corrected chi connectivity index (χ2v) is 4.17. The number of aryl methyl sites for hydroxylation is 1. The molecule has 0 saturated heterocycles. The lowest BCUT2D eigenvalue weighted by molar-refractivity contribution is -0.134. The zero-order valence-electron chi connectivity index (χ0n) is 8.32. The number of carbonyl (C=O) groups is 1. The SMILES string of the molecule is Cn1cc(C(O)CNC(=O)C(F)(F)Br)cn1. The van der Waals surface area contributed by atoms with Gasteiger partial charge < -0.3 is 10.4 Å². The fourth-order valence-electron chi connectivity index (χ4n) is 1.02. The molecule has 0 fully saturated rings. The van der Waals surface area contributed by atoms with E-state index in [1.54, 1.807) is 7.05 Å². The summed E-state index contributed by atoms with van der Waals surface area (Å²) in [6.45, 7) is -0.300. The maximum atomic E-state index is 12.4. The number of alkyl halides is 3. The average molecular weight is 298 g/mol. The predicted molar refractivity (Wildman–Crippen MR) is 55.1 cm³/mol. The van der Waals surface area contributed by atoms with Gasteiger partial charge >= 0.3 is 10.7 Å². The first kappa shape index (κ1) is 13.0. The van der Waals surface area contributed by atoms with E-state index in [0.29, 0.717) is 5.56 Å². The summed E-state index contributed by atoms with van der Waals surface area (Å²) in [7, 11) is 1.65. The molecular formula is C8H10BrF2N3O2. The number of nitrogens with zero attached hydrogens (tertiary/aromatic N) is 2. The van der Waals surface area contributed by atoms with Crippen LogP contribution in [0.4, 0.5) is 8.78 Å². The van der Waals surface area contributed by atoms with Crippen molar-refractivity contribution in [1.82, 2.24) is 15.1 Å². The van der Waals surface area contributed by atoms with Gasteiger partial charge in [-0.15, -0.1) is 0 Å². The molecule has 16 heavy (non-hydrogen) atoms. The number of aliphatic hydroxyl groups excluding tert-OH is 1. The standard InChI is InChI=1S/C8H10BrF2N3O2/c1-14-4-5(2-13-14)6(15)3-12-7(16)8(9,10)11/h2,4,6,15H,3H2,1H3,(H,12,16). The van der Waals surface area contributed by atoms with E-state index in [2.05, 4.69) is 5.10 Å². The molecule has 1 aromatic rings. The number of hydrogen-bond donors (Lipinski definition) is 2.